The minimum absolute atomic E-state index is 0.198. The first-order valence-electron chi connectivity index (χ1n) is 6.09. The summed E-state index contributed by atoms with van der Waals surface area (Å²) in [6, 6.07) is 8.68. The lowest BCUT2D eigenvalue weighted by atomic mass is 10.2. The van der Waals surface area contributed by atoms with Crippen molar-refractivity contribution in [3.63, 3.8) is 0 Å². The lowest BCUT2D eigenvalue weighted by molar-refractivity contribution is -0.135. The Balaban J connectivity index is 2.34. The molecule has 0 aliphatic carbocycles. The van der Waals surface area contributed by atoms with Gasteiger partial charge in [0.05, 0.1) is 0 Å². The molecule has 0 aliphatic rings. The third-order valence-electron chi connectivity index (χ3n) is 2.81. The minimum Gasteiger partial charge on any atom is -0.480 e. The number of carboxylic acid groups (broad SMARTS) is 1. The number of nitrogens with one attached hydrogen (secondary N) is 1. The van der Waals surface area contributed by atoms with Crippen molar-refractivity contribution in [2.24, 2.45) is 0 Å². The number of carbonyl (C=O) groups excluding carboxylic acids is 1. The van der Waals surface area contributed by atoms with Gasteiger partial charge in [0.1, 0.15) is 6.54 Å². The standard InChI is InChI=1S/C14H15N3O3/c1-9-3-5-11(6-4-9)17(8-13(18)19)14(20)12-7-10(2)15-16-12/h3-7H,8H2,1-2H3,(H,15,16)(H,18,19). The van der Waals surface area contributed by atoms with Gasteiger partial charge in [-0.1, -0.05) is 17.7 Å². The molecular formula is C14H15N3O3. The van der Waals surface area contributed by atoms with Gasteiger partial charge >= 0.3 is 5.97 Å². The Labute approximate surface area is 116 Å². The third kappa shape index (κ3) is 3.03. The second kappa shape index (κ2) is 5.56. The summed E-state index contributed by atoms with van der Waals surface area (Å²) in [5.41, 5.74) is 2.51. The molecule has 2 rings (SSSR count). The van der Waals surface area contributed by atoms with Gasteiger partial charge in [-0.2, -0.15) is 5.10 Å². The van der Waals surface area contributed by atoms with Crippen molar-refractivity contribution >= 4 is 17.6 Å². The average molecular weight is 273 g/mol. The number of hydrogen-bond donors (Lipinski definition) is 2. The number of anilines is 1. The van der Waals surface area contributed by atoms with Crippen LogP contribution in [0.3, 0.4) is 0 Å². The van der Waals surface area contributed by atoms with Gasteiger partial charge in [0.25, 0.3) is 5.91 Å². The van der Waals surface area contributed by atoms with E-state index in [1.165, 1.54) is 4.90 Å². The summed E-state index contributed by atoms with van der Waals surface area (Å²) in [6.07, 6.45) is 0. The van der Waals surface area contributed by atoms with Crippen LogP contribution in [0.15, 0.2) is 30.3 Å². The molecule has 0 fully saturated rings. The van der Waals surface area contributed by atoms with Gasteiger partial charge in [-0.3, -0.25) is 19.6 Å². The van der Waals surface area contributed by atoms with Gasteiger partial charge in [-0.05, 0) is 32.0 Å². The molecule has 20 heavy (non-hydrogen) atoms. The number of aliphatic carboxylic acids is 1. The second-order valence-electron chi connectivity index (χ2n) is 4.56. The molecule has 0 bridgehead atoms. The predicted octanol–water partition coefficient (Wildman–Crippen LogP) is 1.76. The summed E-state index contributed by atoms with van der Waals surface area (Å²) in [7, 11) is 0. The topological polar surface area (TPSA) is 86.3 Å². The zero-order valence-electron chi connectivity index (χ0n) is 11.3. The van der Waals surface area contributed by atoms with Gasteiger partial charge in [-0.15, -0.1) is 0 Å². The molecule has 0 atom stereocenters. The Morgan fingerprint density at radius 2 is 1.90 bits per heavy atom. The summed E-state index contributed by atoms with van der Waals surface area (Å²) >= 11 is 0. The van der Waals surface area contributed by atoms with Crippen molar-refractivity contribution in [2.75, 3.05) is 11.4 Å². The third-order valence-corrected chi connectivity index (χ3v) is 2.81. The molecule has 0 radical (unpaired) electrons. The van der Waals surface area contributed by atoms with Gasteiger partial charge in [-0.25, -0.2) is 0 Å². The SMILES string of the molecule is Cc1ccc(N(CC(=O)O)C(=O)c2cc(C)[nH]n2)cc1. The van der Waals surface area contributed by atoms with E-state index in [-0.39, 0.29) is 5.69 Å². The summed E-state index contributed by atoms with van der Waals surface area (Å²) in [6.45, 7) is 3.29. The molecule has 6 heteroatoms. The number of carboxylic acids is 1. The van der Waals surface area contributed by atoms with E-state index in [1.54, 1.807) is 25.1 Å². The molecular weight excluding hydrogens is 258 g/mol. The fraction of sp³-hybridized carbons (Fsp3) is 0.214. The number of H-pyrrole nitrogens is 1. The van der Waals surface area contributed by atoms with Gasteiger partial charge in [0.15, 0.2) is 5.69 Å². The number of rotatable bonds is 4. The molecule has 0 aliphatic heterocycles. The molecule has 6 nitrogen and oxygen atoms in total. The summed E-state index contributed by atoms with van der Waals surface area (Å²) < 4.78 is 0. The maximum absolute atomic E-state index is 12.4. The number of carbonyl (C=O) groups is 2. The Morgan fingerprint density at radius 3 is 2.40 bits per heavy atom. The molecule has 0 saturated heterocycles. The molecule has 1 aromatic carbocycles. The number of amides is 1. The first kappa shape index (κ1) is 13.8. The van der Waals surface area contributed by atoms with E-state index in [0.717, 1.165) is 11.3 Å². The van der Waals surface area contributed by atoms with Crippen molar-refractivity contribution in [1.82, 2.24) is 10.2 Å². The van der Waals surface area contributed by atoms with Crippen molar-refractivity contribution in [1.29, 1.82) is 0 Å². The highest BCUT2D eigenvalue weighted by Gasteiger charge is 2.22. The summed E-state index contributed by atoms with van der Waals surface area (Å²) in [5.74, 6) is -1.52. The van der Waals surface area contributed by atoms with Crippen molar-refractivity contribution < 1.29 is 14.7 Å². The molecule has 1 amide bonds. The van der Waals surface area contributed by atoms with Crippen LogP contribution in [0.1, 0.15) is 21.7 Å². The monoisotopic (exact) mass is 273 g/mol. The van der Waals surface area contributed by atoms with Crippen LogP contribution in [-0.4, -0.2) is 33.7 Å². The maximum Gasteiger partial charge on any atom is 0.323 e. The Hall–Kier alpha value is -2.63. The van der Waals surface area contributed by atoms with E-state index in [2.05, 4.69) is 10.2 Å². The van der Waals surface area contributed by atoms with E-state index in [0.29, 0.717) is 5.69 Å². The normalized spacial score (nSPS) is 10.3. The summed E-state index contributed by atoms with van der Waals surface area (Å²) in [4.78, 5) is 24.5. The number of nitrogens with zero attached hydrogens (tertiary/aromatic N) is 2. The second-order valence-corrected chi connectivity index (χ2v) is 4.56. The lowest BCUT2D eigenvalue weighted by Gasteiger charge is -2.19. The number of benzene rings is 1. The zero-order chi connectivity index (χ0) is 14.7. The van der Waals surface area contributed by atoms with Crippen LogP contribution in [0.5, 0.6) is 0 Å². The molecule has 2 aromatic rings. The van der Waals surface area contributed by atoms with Crippen LogP contribution >= 0.6 is 0 Å². The molecule has 1 aromatic heterocycles. The Morgan fingerprint density at radius 1 is 1.25 bits per heavy atom. The van der Waals surface area contributed by atoms with Crippen molar-refractivity contribution in [3.8, 4) is 0 Å². The van der Waals surface area contributed by atoms with E-state index >= 15 is 0 Å². The molecule has 2 N–H and O–H groups in total. The van der Waals surface area contributed by atoms with Crippen LogP contribution in [0.2, 0.25) is 0 Å². The zero-order valence-corrected chi connectivity index (χ0v) is 11.3. The van der Waals surface area contributed by atoms with Crippen molar-refractivity contribution in [2.45, 2.75) is 13.8 Å². The average Bonchev–Trinajstić information content (AvgIpc) is 2.83. The minimum atomic E-state index is -1.08. The first-order valence-corrected chi connectivity index (χ1v) is 6.09. The van der Waals surface area contributed by atoms with Crippen LogP contribution in [0.4, 0.5) is 5.69 Å². The Kier molecular flexibility index (Phi) is 3.84. The number of hydrogen-bond acceptors (Lipinski definition) is 3. The van der Waals surface area contributed by atoms with E-state index in [1.807, 2.05) is 19.1 Å². The quantitative estimate of drug-likeness (QED) is 0.888. The Bertz CT molecular complexity index is 631. The highest BCUT2D eigenvalue weighted by atomic mass is 16.4. The maximum atomic E-state index is 12.4. The van der Waals surface area contributed by atoms with Gasteiger partial charge in [0.2, 0.25) is 0 Å². The van der Waals surface area contributed by atoms with Crippen LogP contribution in [0.25, 0.3) is 0 Å². The number of aryl methyl sites for hydroxylation is 2. The van der Waals surface area contributed by atoms with Crippen LogP contribution in [-0.2, 0) is 4.79 Å². The molecule has 0 unspecified atom stereocenters. The van der Waals surface area contributed by atoms with Crippen LogP contribution < -0.4 is 4.90 Å². The molecule has 0 saturated carbocycles. The fourth-order valence-corrected chi connectivity index (χ4v) is 1.81. The molecule has 0 spiro atoms. The number of aromatic amines is 1. The van der Waals surface area contributed by atoms with E-state index < -0.39 is 18.4 Å². The van der Waals surface area contributed by atoms with E-state index in [9.17, 15) is 9.59 Å². The van der Waals surface area contributed by atoms with Crippen LogP contribution in [0, 0.1) is 13.8 Å². The van der Waals surface area contributed by atoms with Crippen molar-refractivity contribution in [3.05, 3.63) is 47.3 Å². The van der Waals surface area contributed by atoms with Gasteiger partial charge < -0.3 is 5.11 Å². The smallest absolute Gasteiger partial charge is 0.323 e. The molecule has 1 heterocycles. The van der Waals surface area contributed by atoms with Gasteiger partial charge in [0, 0.05) is 11.4 Å². The predicted molar refractivity (Wildman–Crippen MR) is 73.8 cm³/mol. The summed E-state index contributed by atoms with van der Waals surface area (Å²) in [5, 5.41) is 15.5. The highest BCUT2D eigenvalue weighted by molar-refractivity contribution is 6.07. The lowest BCUT2D eigenvalue weighted by Crippen LogP contribution is -2.36. The number of aromatic nitrogens is 2. The largest absolute Gasteiger partial charge is 0.480 e. The highest BCUT2D eigenvalue weighted by Crippen LogP contribution is 2.17. The fourth-order valence-electron chi connectivity index (χ4n) is 1.81. The molecule has 104 valence electrons. The first-order chi connectivity index (χ1) is 9.47. The van der Waals surface area contributed by atoms with E-state index in [4.69, 9.17) is 5.11 Å².